The SMILES string of the molecule is CC(C)[Si](OC[C@@H](C)[C@@H](O)[C@@H](C)[C@H]1OC(C)(C)OC[C@H]1C)(C(C)C)C(C)C. The lowest BCUT2D eigenvalue weighted by Crippen LogP contribution is -2.52. The van der Waals surface area contributed by atoms with Crippen molar-refractivity contribution in [3.8, 4) is 0 Å². The molecule has 0 aromatic carbocycles. The minimum Gasteiger partial charge on any atom is -0.416 e. The van der Waals surface area contributed by atoms with E-state index in [1.807, 2.05) is 13.8 Å². The number of ether oxygens (including phenoxy) is 2. The summed E-state index contributed by atoms with van der Waals surface area (Å²) in [6.45, 7) is 25.3. The van der Waals surface area contributed by atoms with Gasteiger partial charge in [0.2, 0.25) is 0 Å². The highest BCUT2D eigenvalue weighted by Crippen LogP contribution is 2.43. The van der Waals surface area contributed by atoms with Gasteiger partial charge in [0.15, 0.2) is 14.1 Å². The van der Waals surface area contributed by atoms with Crippen LogP contribution in [0.25, 0.3) is 0 Å². The fourth-order valence-corrected chi connectivity index (χ4v) is 10.7. The third-order valence-electron chi connectivity index (χ3n) is 6.62. The maximum atomic E-state index is 11.1. The predicted octanol–water partition coefficient (Wildman–Crippen LogP) is 5.60. The zero-order valence-electron chi connectivity index (χ0n) is 19.7. The van der Waals surface area contributed by atoms with Crippen LogP contribution >= 0.6 is 0 Å². The van der Waals surface area contributed by atoms with Gasteiger partial charge in [0.25, 0.3) is 0 Å². The van der Waals surface area contributed by atoms with Crippen LogP contribution in [0.5, 0.6) is 0 Å². The monoisotopic (exact) mass is 402 g/mol. The van der Waals surface area contributed by atoms with E-state index in [4.69, 9.17) is 13.9 Å². The van der Waals surface area contributed by atoms with Crippen molar-refractivity contribution in [2.24, 2.45) is 17.8 Å². The molecule has 27 heavy (non-hydrogen) atoms. The second-order valence-electron chi connectivity index (χ2n) is 10.2. The lowest BCUT2D eigenvalue weighted by Gasteiger charge is -2.45. The molecule has 0 aromatic rings. The average Bonchev–Trinajstić information content (AvgIpc) is 2.55. The molecule has 0 unspecified atom stereocenters. The summed E-state index contributed by atoms with van der Waals surface area (Å²) in [5.41, 5.74) is 1.66. The molecule has 0 spiro atoms. The first-order valence-electron chi connectivity index (χ1n) is 10.9. The van der Waals surface area contributed by atoms with Crippen LogP contribution in [-0.2, 0) is 13.9 Å². The summed E-state index contributed by atoms with van der Waals surface area (Å²) in [6, 6.07) is 0. The van der Waals surface area contributed by atoms with Crippen molar-refractivity contribution in [1.29, 1.82) is 0 Å². The molecule has 1 fully saturated rings. The molecule has 0 bridgehead atoms. The van der Waals surface area contributed by atoms with Crippen LogP contribution < -0.4 is 0 Å². The van der Waals surface area contributed by atoms with Gasteiger partial charge >= 0.3 is 0 Å². The molecular weight excluding hydrogens is 356 g/mol. The number of hydrogen-bond donors (Lipinski definition) is 1. The highest BCUT2D eigenvalue weighted by Gasteiger charge is 2.46. The summed E-state index contributed by atoms with van der Waals surface area (Å²) < 4.78 is 18.6. The quantitative estimate of drug-likeness (QED) is 0.510. The molecule has 5 heteroatoms. The van der Waals surface area contributed by atoms with Gasteiger partial charge in [-0.15, -0.1) is 0 Å². The van der Waals surface area contributed by atoms with Crippen molar-refractivity contribution in [3.63, 3.8) is 0 Å². The van der Waals surface area contributed by atoms with Crippen LogP contribution in [0.1, 0.15) is 76.2 Å². The smallest absolute Gasteiger partial charge is 0.200 e. The van der Waals surface area contributed by atoms with Crippen molar-refractivity contribution in [2.75, 3.05) is 13.2 Å². The van der Waals surface area contributed by atoms with Gasteiger partial charge in [-0.25, -0.2) is 0 Å². The maximum absolute atomic E-state index is 11.1. The van der Waals surface area contributed by atoms with Crippen molar-refractivity contribution < 1.29 is 19.0 Å². The van der Waals surface area contributed by atoms with Crippen molar-refractivity contribution in [1.82, 2.24) is 0 Å². The Morgan fingerprint density at radius 1 is 1.00 bits per heavy atom. The minimum atomic E-state index is -1.91. The fourth-order valence-electron chi connectivity index (χ4n) is 5.12. The van der Waals surface area contributed by atoms with Crippen molar-refractivity contribution in [2.45, 2.75) is 111 Å². The standard InChI is InChI=1S/C22H46O4Si/c1-14(2)27(15(3)4,16(5)6)25-13-17(7)20(23)19(9)21-18(8)12-24-22(10,11)26-21/h14-21,23H,12-13H2,1-11H3/t17-,18-,19-,20-,21+/m1/s1. The summed E-state index contributed by atoms with van der Waals surface area (Å²) >= 11 is 0. The van der Waals surface area contributed by atoms with E-state index in [0.29, 0.717) is 29.8 Å². The topological polar surface area (TPSA) is 47.9 Å². The Bertz CT molecular complexity index is 428. The zero-order chi connectivity index (χ0) is 21.2. The van der Waals surface area contributed by atoms with Crippen LogP contribution in [0.4, 0.5) is 0 Å². The molecule has 162 valence electrons. The molecule has 0 radical (unpaired) electrons. The molecule has 0 amide bonds. The molecule has 1 N–H and O–H groups in total. The zero-order valence-corrected chi connectivity index (χ0v) is 20.7. The van der Waals surface area contributed by atoms with Crippen molar-refractivity contribution in [3.05, 3.63) is 0 Å². The van der Waals surface area contributed by atoms with Crippen LogP contribution in [0.15, 0.2) is 0 Å². The third kappa shape index (κ3) is 5.78. The third-order valence-corrected chi connectivity index (χ3v) is 12.7. The van der Waals surface area contributed by atoms with Gasteiger partial charge in [0, 0.05) is 24.4 Å². The molecule has 1 aliphatic heterocycles. The Kier molecular flexibility index (Phi) is 9.02. The highest BCUT2D eigenvalue weighted by atomic mass is 28.4. The van der Waals surface area contributed by atoms with Gasteiger partial charge in [-0.3, -0.25) is 0 Å². The van der Waals surface area contributed by atoms with Crippen LogP contribution in [0, 0.1) is 17.8 Å². The van der Waals surface area contributed by atoms with E-state index in [2.05, 4.69) is 62.3 Å². The Labute approximate surface area is 169 Å². The molecule has 1 aliphatic rings. The molecule has 5 atom stereocenters. The Balaban J connectivity index is 2.81. The van der Waals surface area contributed by atoms with Crippen LogP contribution in [-0.4, -0.2) is 44.6 Å². The van der Waals surface area contributed by atoms with Gasteiger partial charge in [-0.1, -0.05) is 62.3 Å². The summed E-state index contributed by atoms with van der Waals surface area (Å²) in [7, 11) is -1.91. The van der Waals surface area contributed by atoms with Gasteiger partial charge in [0.1, 0.15) is 0 Å². The summed E-state index contributed by atoms with van der Waals surface area (Å²) in [4.78, 5) is 0. The fraction of sp³-hybridized carbons (Fsp3) is 1.00. The van der Waals surface area contributed by atoms with Gasteiger partial charge in [0.05, 0.1) is 18.8 Å². The predicted molar refractivity (Wildman–Crippen MR) is 115 cm³/mol. The molecule has 1 rings (SSSR count). The van der Waals surface area contributed by atoms with Crippen molar-refractivity contribution >= 4 is 8.32 Å². The first kappa shape index (κ1) is 25.1. The Hall–Kier alpha value is 0.0569. The number of aliphatic hydroxyl groups excluding tert-OH is 1. The molecule has 4 nitrogen and oxygen atoms in total. The number of aliphatic hydroxyl groups is 1. The van der Waals surface area contributed by atoms with E-state index in [1.165, 1.54) is 0 Å². The van der Waals surface area contributed by atoms with E-state index >= 15 is 0 Å². The summed E-state index contributed by atoms with van der Waals surface area (Å²) in [5.74, 6) is -0.203. The molecule has 0 saturated carbocycles. The normalized spacial score (nSPS) is 27.2. The first-order chi connectivity index (χ1) is 12.3. The summed E-state index contributed by atoms with van der Waals surface area (Å²) in [5, 5.41) is 11.1. The highest BCUT2D eigenvalue weighted by molar-refractivity contribution is 6.77. The molecule has 0 aromatic heterocycles. The van der Waals surface area contributed by atoms with Crippen LogP contribution in [0.3, 0.4) is 0 Å². The lowest BCUT2D eigenvalue weighted by molar-refractivity contribution is -0.304. The number of hydrogen-bond acceptors (Lipinski definition) is 4. The Morgan fingerprint density at radius 3 is 1.93 bits per heavy atom. The average molecular weight is 403 g/mol. The van der Waals surface area contributed by atoms with E-state index in [9.17, 15) is 5.11 Å². The molecule has 1 saturated heterocycles. The minimum absolute atomic E-state index is 0.00602. The van der Waals surface area contributed by atoms with E-state index in [0.717, 1.165) is 0 Å². The van der Waals surface area contributed by atoms with Crippen LogP contribution in [0.2, 0.25) is 16.6 Å². The molecular formula is C22H46O4Si. The van der Waals surface area contributed by atoms with E-state index < -0.39 is 20.2 Å². The number of rotatable bonds is 9. The largest absolute Gasteiger partial charge is 0.416 e. The Morgan fingerprint density at radius 2 is 1.48 bits per heavy atom. The molecule has 1 heterocycles. The van der Waals surface area contributed by atoms with Gasteiger partial charge in [-0.2, -0.15) is 0 Å². The second kappa shape index (κ2) is 9.71. The summed E-state index contributed by atoms with van der Waals surface area (Å²) in [6.07, 6.45) is -0.460. The van der Waals surface area contributed by atoms with E-state index in [-0.39, 0.29) is 23.9 Å². The van der Waals surface area contributed by atoms with E-state index in [1.54, 1.807) is 0 Å². The first-order valence-corrected chi connectivity index (χ1v) is 13.0. The maximum Gasteiger partial charge on any atom is 0.200 e. The van der Waals surface area contributed by atoms with Gasteiger partial charge < -0.3 is 19.0 Å². The van der Waals surface area contributed by atoms with Gasteiger partial charge in [-0.05, 0) is 30.5 Å². The lowest BCUT2D eigenvalue weighted by atomic mass is 9.84. The second-order valence-corrected chi connectivity index (χ2v) is 15.7. The molecule has 0 aliphatic carbocycles.